The highest BCUT2D eigenvalue weighted by atomic mass is 32.1. The number of fused-ring (bicyclic) bond motifs is 1. The van der Waals surface area contributed by atoms with Gasteiger partial charge in [-0.1, -0.05) is 12.1 Å². The maximum atomic E-state index is 12.7. The van der Waals surface area contributed by atoms with E-state index in [1.165, 1.54) is 17.4 Å². The molecular formula is C18H17N3O4S. The van der Waals surface area contributed by atoms with Crippen LogP contribution in [0.1, 0.15) is 23.3 Å². The highest BCUT2D eigenvalue weighted by Gasteiger charge is 2.18. The third kappa shape index (κ3) is 3.47. The number of para-hydroxylation sites is 2. The van der Waals surface area contributed by atoms with Crippen LogP contribution in [-0.2, 0) is 4.74 Å². The molecule has 134 valence electrons. The van der Waals surface area contributed by atoms with E-state index in [1.54, 1.807) is 28.1 Å². The van der Waals surface area contributed by atoms with Gasteiger partial charge in [-0.3, -0.25) is 14.0 Å². The number of rotatable bonds is 5. The number of hydrogen-bond donors (Lipinski definition) is 1. The van der Waals surface area contributed by atoms with Gasteiger partial charge in [0, 0.05) is 24.3 Å². The van der Waals surface area contributed by atoms with E-state index in [-0.39, 0.29) is 11.8 Å². The summed E-state index contributed by atoms with van der Waals surface area (Å²) in [6.07, 6.45) is 3.81. The van der Waals surface area contributed by atoms with Gasteiger partial charge < -0.3 is 14.8 Å². The van der Waals surface area contributed by atoms with Gasteiger partial charge in [-0.2, -0.15) is 4.98 Å². The molecule has 1 N–H and O–H groups in total. The molecule has 1 aliphatic heterocycles. The summed E-state index contributed by atoms with van der Waals surface area (Å²) >= 11 is 1.30. The summed E-state index contributed by atoms with van der Waals surface area (Å²) in [6, 6.07) is 8.44. The van der Waals surface area contributed by atoms with Gasteiger partial charge >= 0.3 is 0 Å². The minimum absolute atomic E-state index is 0.0861. The lowest BCUT2D eigenvalue weighted by Crippen LogP contribution is -2.21. The highest BCUT2D eigenvalue weighted by Crippen LogP contribution is 2.25. The first-order valence-corrected chi connectivity index (χ1v) is 9.20. The molecular weight excluding hydrogens is 354 g/mol. The Hall–Kier alpha value is -2.71. The molecule has 7 nitrogen and oxygen atoms in total. The molecule has 0 spiro atoms. The summed E-state index contributed by atoms with van der Waals surface area (Å²) in [6.45, 7) is 1.20. The molecule has 1 fully saturated rings. The van der Waals surface area contributed by atoms with E-state index in [0.717, 1.165) is 19.4 Å². The second-order valence-corrected chi connectivity index (χ2v) is 6.80. The lowest BCUT2D eigenvalue weighted by Gasteiger charge is -2.15. The largest absolute Gasteiger partial charge is 0.489 e. The number of nitrogens with one attached hydrogen (secondary N) is 1. The molecule has 1 aromatic carbocycles. The van der Waals surface area contributed by atoms with Gasteiger partial charge in [0.25, 0.3) is 11.5 Å². The van der Waals surface area contributed by atoms with Crippen LogP contribution in [-0.4, -0.2) is 34.6 Å². The molecule has 8 heteroatoms. The van der Waals surface area contributed by atoms with Crippen LogP contribution in [0.15, 0.2) is 46.7 Å². The number of aromatic nitrogens is 2. The van der Waals surface area contributed by atoms with Gasteiger partial charge in [-0.05, 0) is 25.0 Å². The van der Waals surface area contributed by atoms with Crippen molar-refractivity contribution in [1.29, 1.82) is 0 Å². The fraction of sp³-hybridized carbons (Fsp3) is 0.278. The van der Waals surface area contributed by atoms with Crippen LogP contribution in [0.4, 0.5) is 5.69 Å². The molecule has 0 radical (unpaired) electrons. The summed E-state index contributed by atoms with van der Waals surface area (Å²) in [5.74, 6) is 0.172. The van der Waals surface area contributed by atoms with E-state index < -0.39 is 11.5 Å². The van der Waals surface area contributed by atoms with Crippen molar-refractivity contribution in [3.05, 3.63) is 58.0 Å². The maximum absolute atomic E-state index is 12.7. The first kappa shape index (κ1) is 16.7. The molecule has 2 aromatic heterocycles. The average Bonchev–Trinajstić information content (AvgIpc) is 3.31. The van der Waals surface area contributed by atoms with Gasteiger partial charge in [0.2, 0.25) is 0 Å². The fourth-order valence-electron chi connectivity index (χ4n) is 2.86. The number of hydrogen-bond acceptors (Lipinski definition) is 6. The van der Waals surface area contributed by atoms with Crippen molar-refractivity contribution < 1.29 is 14.3 Å². The van der Waals surface area contributed by atoms with Gasteiger partial charge in [-0.15, -0.1) is 11.3 Å². The lowest BCUT2D eigenvalue weighted by molar-refractivity contribution is 0.0682. The number of carbonyl (C=O) groups is 1. The molecule has 0 bridgehead atoms. The van der Waals surface area contributed by atoms with Crippen LogP contribution in [0, 0.1) is 0 Å². The molecule has 26 heavy (non-hydrogen) atoms. The average molecular weight is 371 g/mol. The van der Waals surface area contributed by atoms with Crippen LogP contribution in [0.2, 0.25) is 0 Å². The number of benzene rings is 1. The second-order valence-electron chi connectivity index (χ2n) is 5.93. The van der Waals surface area contributed by atoms with Crippen LogP contribution in [0.25, 0.3) is 4.96 Å². The molecule has 1 saturated heterocycles. The van der Waals surface area contributed by atoms with Crippen molar-refractivity contribution in [2.75, 3.05) is 18.5 Å². The smallest absolute Gasteiger partial charge is 0.274 e. The maximum Gasteiger partial charge on any atom is 0.274 e. The van der Waals surface area contributed by atoms with Crippen LogP contribution in [0.5, 0.6) is 5.75 Å². The zero-order chi connectivity index (χ0) is 17.9. The Balaban J connectivity index is 1.55. The Morgan fingerprint density at radius 1 is 1.42 bits per heavy atom. The van der Waals surface area contributed by atoms with Crippen LogP contribution >= 0.6 is 11.3 Å². The Bertz CT molecular complexity index is 991. The van der Waals surface area contributed by atoms with Crippen molar-refractivity contribution in [2.45, 2.75) is 18.9 Å². The van der Waals surface area contributed by atoms with E-state index in [2.05, 4.69) is 10.3 Å². The van der Waals surface area contributed by atoms with Crippen molar-refractivity contribution in [3.63, 3.8) is 0 Å². The van der Waals surface area contributed by atoms with E-state index in [9.17, 15) is 9.59 Å². The number of amides is 1. The molecule has 0 saturated carbocycles. The number of carbonyl (C=O) groups excluding carboxylic acids is 1. The van der Waals surface area contributed by atoms with Gasteiger partial charge in [-0.25, -0.2) is 0 Å². The fourth-order valence-corrected chi connectivity index (χ4v) is 3.58. The molecule has 4 rings (SSSR count). The van der Waals surface area contributed by atoms with Crippen molar-refractivity contribution >= 4 is 27.9 Å². The monoisotopic (exact) mass is 371 g/mol. The second kappa shape index (κ2) is 7.27. The molecule has 3 heterocycles. The van der Waals surface area contributed by atoms with Crippen LogP contribution < -0.4 is 15.6 Å². The first-order valence-electron chi connectivity index (χ1n) is 8.32. The molecule has 1 unspecified atom stereocenters. The van der Waals surface area contributed by atoms with Crippen molar-refractivity contribution in [3.8, 4) is 5.75 Å². The molecule has 3 aromatic rings. The molecule has 1 aliphatic rings. The lowest BCUT2D eigenvalue weighted by atomic mass is 10.2. The molecule has 1 amide bonds. The Morgan fingerprint density at radius 2 is 2.31 bits per heavy atom. The predicted octanol–water partition coefficient (Wildman–Crippen LogP) is 2.57. The van der Waals surface area contributed by atoms with E-state index >= 15 is 0 Å². The standard InChI is InChI=1S/C18H17N3O4S/c22-16-10-14(21-7-9-26-18(21)20-16)17(23)19-13-5-1-2-6-15(13)25-11-12-4-3-8-24-12/h1-2,5-7,9-10,12H,3-4,8,11H2,(H,19,23). The highest BCUT2D eigenvalue weighted by molar-refractivity contribution is 7.15. The minimum atomic E-state index is -0.444. The van der Waals surface area contributed by atoms with Gasteiger partial charge in [0.1, 0.15) is 18.1 Å². The Labute approximate surface area is 153 Å². The Kier molecular flexibility index (Phi) is 4.68. The number of anilines is 1. The van der Waals surface area contributed by atoms with E-state index in [1.807, 2.05) is 12.1 Å². The third-order valence-electron chi connectivity index (χ3n) is 4.13. The van der Waals surface area contributed by atoms with Gasteiger partial charge in [0.15, 0.2) is 4.96 Å². The molecule has 1 atom stereocenters. The summed E-state index contributed by atoms with van der Waals surface area (Å²) in [7, 11) is 0. The zero-order valence-electron chi connectivity index (χ0n) is 13.9. The summed E-state index contributed by atoms with van der Waals surface area (Å²) < 4.78 is 13.0. The van der Waals surface area contributed by atoms with Crippen LogP contribution in [0.3, 0.4) is 0 Å². The van der Waals surface area contributed by atoms with E-state index in [0.29, 0.717) is 23.0 Å². The summed E-state index contributed by atoms with van der Waals surface area (Å²) in [5.41, 5.74) is 0.333. The zero-order valence-corrected chi connectivity index (χ0v) is 14.7. The number of nitrogens with zero attached hydrogens (tertiary/aromatic N) is 2. The van der Waals surface area contributed by atoms with Gasteiger partial charge in [0.05, 0.1) is 11.8 Å². The Morgan fingerprint density at radius 3 is 3.15 bits per heavy atom. The van der Waals surface area contributed by atoms with E-state index in [4.69, 9.17) is 9.47 Å². The third-order valence-corrected chi connectivity index (χ3v) is 4.89. The number of ether oxygens (including phenoxy) is 2. The minimum Gasteiger partial charge on any atom is -0.489 e. The SMILES string of the molecule is O=C(Nc1ccccc1OCC1CCCO1)c1cc(=O)nc2sccn12. The quantitative estimate of drug-likeness (QED) is 0.745. The van der Waals surface area contributed by atoms with Crippen molar-refractivity contribution in [1.82, 2.24) is 9.38 Å². The predicted molar refractivity (Wildman–Crippen MR) is 98.2 cm³/mol. The summed E-state index contributed by atoms with van der Waals surface area (Å²) in [4.78, 5) is 28.8. The van der Waals surface area contributed by atoms with Crippen molar-refractivity contribution in [2.24, 2.45) is 0 Å². The summed E-state index contributed by atoms with van der Waals surface area (Å²) in [5, 5.41) is 4.60. The normalized spacial score (nSPS) is 16.7. The topological polar surface area (TPSA) is 81.9 Å². The molecule has 0 aliphatic carbocycles. The first-order chi connectivity index (χ1) is 12.7. The number of thiazole rings is 1.